The Morgan fingerprint density at radius 2 is 1.75 bits per heavy atom. The molecule has 2 saturated heterocycles. The first-order valence-electron chi connectivity index (χ1n) is 12.7. The number of benzene rings is 3. The van der Waals surface area contributed by atoms with Crippen LogP contribution in [0.25, 0.3) is 20.5 Å². The molecule has 184 valence electrons. The zero-order valence-corrected chi connectivity index (χ0v) is 21.1. The number of hydrogen-bond donors (Lipinski definition) is 1. The van der Waals surface area contributed by atoms with Gasteiger partial charge in [-0.15, -0.1) is 11.3 Å². The van der Waals surface area contributed by atoms with E-state index in [1.165, 1.54) is 57.6 Å². The van der Waals surface area contributed by atoms with Gasteiger partial charge < -0.3 is 14.8 Å². The van der Waals surface area contributed by atoms with Crippen molar-refractivity contribution in [3.8, 4) is 16.2 Å². The van der Waals surface area contributed by atoms with E-state index in [4.69, 9.17) is 9.47 Å². The molecule has 6 rings (SSSR count). The van der Waals surface area contributed by atoms with Crippen LogP contribution in [-0.2, 0) is 11.2 Å². The number of amides is 1. The molecule has 0 bridgehead atoms. The number of nitrogens with zero attached hydrogens (tertiary/aromatic N) is 1. The molecule has 1 aromatic heterocycles. The van der Waals surface area contributed by atoms with Crippen molar-refractivity contribution >= 4 is 27.5 Å². The van der Waals surface area contributed by atoms with Gasteiger partial charge in [0.1, 0.15) is 18.5 Å². The molecule has 0 saturated carbocycles. The van der Waals surface area contributed by atoms with Gasteiger partial charge in [-0.05, 0) is 78.2 Å². The predicted octanol–water partition coefficient (Wildman–Crippen LogP) is 6.41. The van der Waals surface area contributed by atoms with Crippen molar-refractivity contribution in [1.82, 2.24) is 10.2 Å². The first-order chi connectivity index (χ1) is 17.7. The lowest BCUT2D eigenvalue weighted by Crippen LogP contribution is -2.25. The molecule has 0 radical (unpaired) electrons. The molecule has 5 nitrogen and oxygen atoms in total. The number of carbonyl (C=O) groups excluding carboxylic acids is 1. The summed E-state index contributed by atoms with van der Waals surface area (Å²) in [5.74, 6) is 0.936. The van der Waals surface area contributed by atoms with Crippen molar-refractivity contribution in [3.05, 3.63) is 89.5 Å². The van der Waals surface area contributed by atoms with Crippen LogP contribution in [0.4, 0.5) is 4.79 Å². The van der Waals surface area contributed by atoms with Crippen molar-refractivity contribution in [2.24, 2.45) is 0 Å². The lowest BCUT2D eigenvalue weighted by atomic mass is 9.98. The molecule has 4 aromatic rings. The second kappa shape index (κ2) is 10.3. The van der Waals surface area contributed by atoms with Crippen LogP contribution in [0.2, 0.25) is 0 Å². The van der Waals surface area contributed by atoms with E-state index in [-0.39, 0.29) is 12.2 Å². The Morgan fingerprint density at radius 1 is 0.972 bits per heavy atom. The molecule has 1 atom stereocenters. The Labute approximate surface area is 215 Å². The molecule has 1 unspecified atom stereocenters. The summed E-state index contributed by atoms with van der Waals surface area (Å²) in [5, 5.41) is 4.03. The van der Waals surface area contributed by atoms with Gasteiger partial charge in [-0.25, -0.2) is 4.79 Å². The summed E-state index contributed by atoms with van der Waals surface area (Å²) in [7, 11) is 0. The highest BCUT2D eigenvalue weighted by atomic mass is 32.1. The van der Waals surface area contributed by atoms with E-state index in [0.717, 1.165) is 30.9 Å². The third-order valence-electron chi connectivity index (χ3n) is 7.10. The van der Waals surface area contributed by atoms with Gasteiger partial charge in [-0.2, -0.15) is 0 Å². The van der Waals surface area contributed by atoms with E-state index in [1.807, 2.05) is 11.3 Å². The molecule has 3 aromatic carbocycles. The maximum atomic E-state index is 11.4. The fraction of sp³-hybridized carbons (Fsp3) is 0.300. The SMILES string of the molecule is O=C1NCC(c2ccc(-c3sc4ccccc4c3Cc3ccc(OCCN4CCCC4)cc3)cc2)O1. The van der Waals surface area contributed by atoms with Gasteiger partial charge in [0.15, 0.2) is 0 Å². The topological polar surface area (TPSA) is 50.8 Å². The number of nitrogens with one attached hydrogen (secondary N) is 1. The van der Waals surface area contributed by atoms with E-state index in [2.05, 4.69) is 83.0 Å². The average Bonchev–Trinajstić information content (AvgIpc) is 3.66. The van der Waals surface area contributed by atoms with Crippen molar-refractivity contribution in [3.63, 3.8) is 0 Å². The number of fused-ring (bicyclic) bond motifs is 1. The lowest BCUT2D eigenvalue weighted by molar-refractivity contribution is 0.141. The zero-order valence-electron chi connectivity index (χ0n) is 20.2. The van der Waals surface area contributed by atoms with E-state index in [9.17, 15) is 4.79 Å². The fourth-order valence-corrected chi connectivity index (χ4v) is 6.36. The van der Waals surface area contributed by atoms with Crippen molar-refractivity contribution in [2.75, 3.05) is 32.8 Å². The Balaban J connectivity index is 1.20. The van der Waals surface area contributed by atoms with E-state index < -0.39 is 0 Å². The number of alkyl carbamates (subject to hydrolysis) is 1. The molecule has 0 aliphatic carbocycles. The van der Waals surface area contributed by atoms with Crippen LogP contribution in [0.1, 0.15) is 35.6 Å². The largest absolute Gasteiger partial charge is 0.492 e. The normalized spacial score (nSPS) is 17.9. The van der Waals surface area contributed by atoms with Gasteiger partial charge in [0.2, 0.25) is 0 Å². The Hall–Kier alpha value is -3.35. The minimum atomic E-state index is -0.348. The van der Waals surface area contributed by atoms with Crippen molar-refractivity contribution < 1.29 is 14.3 Å². The first-order valence-corrected chi connectivity index (χ1v) is 13.5. The molecule has 1 amide bonds. The predicted molar refractivity (Wildman–Crippen MR) is 145 cm³/mol. The molecular formula is C30H30N2O3S. The second-order valence-corrected chi connectivity index (χ2v) is 10.6. The van der Waals surface area contributed by atoms with Crippen LogP contribution >= 0.6 is 11.3 Å². The molecule has 36 heavy (non-hydrogen) atoms. The number of likely N-dealkylation sites (tertiary alicyclic amines) is 1. The first kappa shape index (κ1) is 23.1. The van der Waals surface area contributed by atoms with Crippen LogP contribution < -0.4 is 10.1 Å². The maximum absolute atomic E-state index is 11.4. The third kappa shape index (κ3) is 4.97. The minimum Gasteiger partial charge on any atom is -0.492 e. The summed E-state index contributed by atoms with van der Waals surface area (Å²) in [6.07, 6.45) is 2.92. The van der Waals surface area contributed by atoms with Gasteiger partial charge in [-0.1, -0.05) is 54.6 Å². The monoisotopic (exact) mass is 498 g/mol. The van der Waals surface area contributed by atoms with Gasteiger partial charge in [0, 0.05) is 16.1 Å². The molecule has 6 heteroatoms. The number of ether oxygens (including phenoxy) is 2. The third-order valence-corrected chi connectivity index (χ3v) is 8.37. The second-order valence-electron chi connectivity index (χ2n) is 9.52. The maximum Gasteiger partial charge on any atom is 0.407 e. The van der Waals surface area contributed by atoms with Crippen LogP contribution in [0.15, 0.2) is 72.8 Å². The molecule has 1 N–H and O–H groups in total. The average molecular weight is 499 g/mol. The summed E-state index contributed by atoms with van der Waals surface area (Å²) < 4.78 is 12.6. The highest BCUT2D eigenvalue weighted by molar-refractivity contribution is 7.22. The molecule has 2 aliphatic rings. The summed E-state index contributed by atoms with van der Waals surface area (Å²) in [6.45, 7) is 4.67. The number of cyclic esters (lactones) is 1. The Morgan fingerprint density at radius 3 is 2.50 bits per heavy atom. The van der Waals surface area contributed by atoms with Crippen molar-refractivity contribution in [2.45, 2.75) is 25.4 Å². The van der Waals surface area contributed by atoms with Gasteiger partial charge in [-0.3, -0.25) is 4.90 Å². The Kier molecular flexibility index (Phi) is 6.62. The van der Waals surface area contributed by atoms with Gasteiger partial charge in [0.25, 0.3) is 0 Å². The molecular weight excluding hydrogens is 468 g/mol. The van der Waals surface area contributed by atoms with Crippen LogP contribution in [0.5, 0.6) is 5.75 Å². The van der Waals surface area contributed by atoms with E-state index in [1.54, 1.807) is 0 Å². The molecule has 3 heterocycles. The summed E-state index contributed by atoms with van der Waals surface area (Å²) in [5.41, 5.74) is 4.82. The van der Waals surface area contributed by atoms with E-state index >= 15 is 0 Å². The van der Waals surface area contributed by atoms with Crippen LogP contribution in [0, 0.1) is 0 Å². The highest BCUT2D eigenvalue weighted by Crippen LogP contribution is 2.40. The highest BCUT2D eigenvalue weighted by Gasteiger charge is 2.24. The van der Waals surface area contributed by atoms with Crippen molar-refractivity contribution in [1.29, 1.82) is 0 Å². The van der Waals surface area contributed by atoms with Crippen LogP contribution in [0.3, 0.4) is 0 Å². The summed E-state index contributed by atoms with van der Waals surface area (Å²) in [4.78, 5) is 15.2. The van der Waals surface area contributed by atoms with Gasteiger partial charge in [0.05, 0.1) is 6.54 Å². The van der Waals surface area contributed by atoms with Gasteiger partial charge >= 0.3 is 6.09 Å². The fourth-order valence-electron chi connectivity index (χ4n) is 5.14. The van der Waals surface area contributed by atoms with Crippen LogP contribution in [-0.4, -0.2) is 43.8 Å². The molecule has 2 fully saturated rings. The number of thiophene rings is 1. The number of rotatable bonds is 8. The minimum absolute atomic E-state index is 0.218. The number of hydrogen-bond acceptors (Lipinski definition) is 5. The quantitative estimate of drug-likeness (QED) is 0.305. The number of carbonyl (C=O) groups is 1. The summed E-state index contributed by atoms with van der Waals surface area (Å²) >= 11 is 1.83. The smallest absolute Gasteiger partial charge is 0.407 e. The standard InChI is InChI=1S/C30H30N2O3S/c33-30-31-20-27(35-30)22-9-11-23(12-10-22)29-26(25-5-1-2-6-28(25)36-29)19-21-7-13-24(14-8-21)34-18-17-32-15-3-4-16-32/h1-2,5-14,27H,3-4,15-20H2,(H,31,33). The zero-order chi connectivity index (χ0) is 24.3. The lowest BCUT2D eigenvalue weighted by Gasteiger charge is -2.15. The Bertz CT molecular complexity index is 1340. The summed E-state index contributed by atoms with van der Waals surface area (Å²) in [6, 6.07) is 25.6. The molecule has 2 aliphatic heterocycles. The van der Waals surface area contributed by atoms with E-state index in [0.29, 0.717) is 6.54 Å². The molecule has 0 spiro atoms.